The molecule has 4 N–H and O–H groups in total. The highest BCUT2D eigenvalue weighted by Crippen LogP contribution is 2.21. The van der Waals surface area contributed by atoms with E-state index >= 15 is 0 Å². The van der Waals surface area contributed by atoms with Gasteiger partial charge in [0, 0.05) is 25.1 Å². The molecule has 0 aromatic rings. The third-order valence-electron chi connectivity index (χ3n) is 3.27. The molecule has 0 aliphatic carbocycles. The molecule has 1 aliphatic rings. The molecule has 1 rings (SSSR count). The first-order valence-corrected chi connectivity index (χ1v) is 5.91. The molecule has 1 saturated heterocycles. The van der Waals surface area contributed by atoms with Gasteiger partial charge in [-0.3, -0.25) is 0 Å². The number of aliphatic hydroxyl groups is 3. The summed E-state index contributed by atoms with van der Waals surface area (Å²) in [6.07, 6.45) is 2.87. The van der Waals surface area contributed by atoms with Gasteiger partial charge in [0.15, 0.2) is 0 Å². The highest BCUT2D eigenvalue weighted by Gasteiger charge is 2.36. The Morgan fingerprint density at radius 2 is 2.00 bits per heavy atom. The molecule has 15 heavy (non-hydrogen) atoms. The van der Waals surface area contributed by atoms with Gasteiger partial charge in [0.1, 0.15) is 0 Å². The Morgan fingerprint density at radius 1 is 1.27 bits per heavy atom. The normalized spacial score (nSPS) is 36.8. The van der Waals surface area contributed by atoms with Crippen LogP contribution >= 0.6 is 0 Å². The Bertz CT molecular complexity index is 177. The fourth-order valence-electron chi connectivity index (χ4n) is 2.23. The highest BCUT2D eigenvalue weighted by atomic mass is 16.3. The van der Waals surface area contributed by atoms with E-state index in [0.717, 1.165) is 12.8 Å². The van der Waals surface area contributed by atoms with Crippen molar-refractivity contribution in [3.63, 3.8) is 0 Å². The number of piperidine rings is 1. The van der Waals surface area contributed by atoms with Crippen molar-refractivity contribution in [2.75, 3.05) is 13.2 Å². The van der Waals surface area contributed by atoms with E-state index in [1.54, 1.807) is 0 Å². The Morgan fingerprint density at radius 3 is 2.60 bits per heavy atom. The molecule has 4 atom stereocenters. The summed E-state index contributed by atoms with van der Waals surface area (Å²) in [6, 6.07) is 0.139. The van der Waals surface area contributed by atoms with Crippen molar-refractivity contribution < 1.29 is 15.3 Å². The average Bonchev–Trinajstić information content (AvgIpc) is 2.24. The van der Waals surface area contributed by atoms with Crippen LogP contribution in [0.5, 0.6) is 0 Å². The summed E-state index contributed by atoms with van der Waals surface area (Å²) in [5.41, 5.74) is 0. The van der Waals surface area contributed by atoms with Crippen LogP contribution in [0.1, 0.15) is 32.6 Å². The van der Waals surface area contributed by atoms with Gasteiger partial charge in [0.05, 0.1) is 12.2 Å². The maximum Gasteiger partial charge on any atom is 0.0927 e. The van der Waals surface area contributed by atoms with E-state index in [0.29, 0.717) is 6.54 Å². The number of unbranched alkanes of at least 4 members (excludes halogenated alkanes) is 2. The predicted octanol–water partition coefficient (Wildman–Crippen LogP) is -0.131. The molecule has 0 amide bonds. The molecule has 1 fully saturated rings. The lowest BCUT2D eigenvalue weighted by Crippen LogP contribution is -2.57. The van der Waals surface area contributed by atoms with Crippen LogP contribution in [0.25, 0.3) is 0 Å². The van der Waals surface area contributed by atoms with E-state index in [2.05, 4.69) is 12.2 Å². The van der Waals surface area contributed by atoms with Gasteiger partial charge in [-0.2, -0.15) is 0 Å². The molecule has 4 nitrogen and oxygen atoms in total. The van der Waals surface area contributed by atoms with Gasteiger partial charge in [-0.1, -0.05) is 26.2 Å². The number of β-amino-alcohol motifs (C(OH)–C–C–N with tert-alkyl or cyclic N) is 1. The Hall–Kier alpha value is -0.160. The fourth-order valence-corrected chi connectivity index (χ4v) is 2.23. The largest absolute Gasteiger partial charge is 0.396 e. The topological polar surface area (TPSA) is 72.7 Å². The first-order valence-electron chi connectivity index (χ1n) is 5.91. The molecule has 0 aromatic heterocycles. The molecule has 0 spiro atoms. The molecule has 0 radical (unpaired) electrons. The maximum atomic E-state index is 9.71. The molecular weight excluding hydrogens is 194 g/mol. The summed E-state index contributed by atoms with van der Waals surface area (Å²) in [5, 5.41) is 31.5. The monoisotopic (exact) mass is 217 g/mol. The van der Waals surface area contributed by atoms with Gasteiger partial charge in [-0.15, -0.1) is 0 Å². The van der Waals surface area contributed by atoms with E-state index in [4.69, 9.17) is 0 Å². The molecule has 90 valence electrons. The van der Waals surface area contributed by atoms with Crippen LogP contribution in [0, 0.1) is 5.92 Å². The molecule has 1 aliphatic heterocycles. The van der Waals surface area contributed by atoms with Crippen molar-refractivity contribution in [3.05, 3.63) is 0 Å². The summed E-state index contributed by atoms with van der Waals surface area (Å²) in [4.78, 5) is 0. The quantitative estimate of drug-likeness (QED) is 0.484. The molecule has 4 unspecified atom stereocenters. The zero-order valence-electron chi connectivity index (χ0n) is 9.39. The number of rotatable bonds is 5. The van der Waals surface area contributed by atoms with E-state index in [9.17, 15) is 15.3 Å². The second-order valence-corrected chi connectivity index (χ2v) is 4.41. The molecule has 0 aromatic carbocycles. The zero-order valence-corrected chi connectivity index (χ0v) is 9.39. The average molecular weight is 217 g/mol. The van der Waals surface area contributed by atoms with Crippen LogP contribution in [0.15, 0.2) is 0 Å². The summed E-state index contributed by atoms with van der Waals surface area (Å²) < 4.78 is 0. The molecular formula is C11H23NO3. The Balaban J connectivity index is 2.41. The van der Waals surface area contributed by atoms with Crippen molar-refractivity contribution in [1.82, 2.24) is 5.32 Å². The SMILES string of the molecule is CCCCCC1NCC(O)C(O)C1CO. The number of nitrogens with one attached hydrogen (secondary N) is 1. The lowest BCUT2D eigenvalue weighted by molar-refractivity contribution is -0.0679. The minimum absolute atomic E-state index is 0.0674. The number of aliphatic hydroxyl groups excluding tert-OH is 3. The van der Waals surface area contributed by atoms with Gasteiger partial charge in [-0.25, -0.2) is 0 Å². The van der Waals surface area contributed by atoms with Crippen molar-refractivity contribution >= 4 is 0 Å². The first kappa shape index (κ1) is 12.9. The van der Waals surface area contributed by atoms with Crippen LogP contribution in [0.3, 0.4) is 0 Å². The van der Waals surface area contributed by atoms with Gasteiger partial charge in [0.25, 0.3) is 0 Å². The summed E-state index contributed by atoms with van der Waals surface area (Å²) >= 11 is 0. The summed E-state index contributed by atoms with van der Waals surface area (Å²) in [7, 11) is 0. The Labute approximate surface area is 91.3 Å². The van der Waals surface area contributed by atoms with Crippen LogP contribution in [0.2, 0.25) is 0 Å². The fraction of sp³-hybridized carbons (Fsp3) is 1.00. The second-order valence-electron chi connectivity index (χ2n) is 4.41. The van der Waals surface area contributed by atoms with E-state index in [-0.39, 0.29) is 18.6 Å². The molecule has 1 heterocycles. The highest BCUT2D eigenvalue weighted by molar-refractivity contribution is 4.91. The van der Waals surface area contributed by atoms with Crippen LogP contribution in [0.4, 0.5) is 0 Å². The van der Waals surface area contributed by atoms with Crippen molar-refractivity contribution in [2.24, 2.45) is 5.92 Å². The van der Waals surface area contributed by atoms with Gasteiger partial charge < -0.3 is 20.6 Å². The first-order chi connectivity index (χ1) is 7.20. The Kier molecular flexibility index (Phi) is 5.53. The van der Waals surface area contributed by atoms with Gasteiger partial charge in [0.2, 0.25) is 0 Å². The minimum atomic E-state index is -0.789. The van der Waals surface area contributed by atoms with Crippen LogP contribution < -0.4 is 5.32 Å². The summed E-state index contributed by atoms with van der Waals surface area (Å²) in [6.45, 7) is 2.51. The van der Waals surface area contributed by atoms with Crippen LogP contribution in [-0.4, -0.2) is 46.7 Å². The third kappa shape index (κ3) is 3.41. The number of hydrogen-bond acceptors (Lipinski definition) is 4. The second kappa shape index (κ2) is 6.43. The van der Waals surface area contributed by atoms with Gasteiger partial charge in [-0.05, 0) is 6.42 Å². The lowest BCUT2D eigenvalue weighted by atomic mass is 9.84. The smallest absolute Gasteiger partial charge is 0.0927 e. The zero-order chi connectivity index (χ0) is 11.3. The molecule has 4 heteroatoms. The van der Waals surface area contributed by atoms with Crippen molar-refractivity contribution in [1.29, 1.82) is 0 Å². The van der Waals surface area contributed by atoms with E-state index in [1.165, 1.54) is 12.8 Å². The molecule has 0 saturated carbocycles. The molecule has 0 bridgehead atoms. The lowest BCUT2D eigenvalue weighted by Gasteiger charge is -2.38. The van der Waals surface area contributed by atoms with E-state index in [1.807, 2.05) is 0 Å². The predicted molar refractivity (Wildman–Crippen MR) is 58.5 cm³/mol. The van der Waals surface area contributed by atoms with E-state index < -0.39 is 12.2 Å². The van der Waals surface area contributed by atoms with Crippen LogP contribution in [-0.2, 0) is 0 Å². The number of hydrogen-bond donors (Lipinski definition) is 4. The third-order valence-corrected chi connectivity index (χ3v) is 3.27. The maximum absolute atomic E-state index is 9.71. The summed E-state index contributed by atoms with van der Waals surface area (Å²) in [5.74, 6) is -0.231. The van der Waals surface area contributed by atoms with Crippen molar-refractivity contribution in [3.8, 4) is 0 Å². The van der Waals surface area contributed by atoms with Gasteiger partial charge >= 0.3 is 0 Å². The standard InChI is InChI=1S/C11H23NO3/c1-2-3-4-5-9-8(7-13)11(15)10(14)6-12-9/h8-15H,2-7H2,1H3. The minimum Gasteiger partial charge on any atom is -0.396 e. The van der Waals surface area contributed by atoms with Crippen molar-refractivity contribution in [2.45, 2.75) is 50.9 Å².